The number of furan rings is 1. The van der Waals surface area contributed by atoms with Crippen LogP contribution in [0.25, 0.3) is 0 Å². The summed E-state index contributed by atoms with van der Waals surface area (Å²) in [5.41, 5.74) is 1.95. The third-order valence-electron chi connectivity index (χ3n) is 3.66. The van der Waals surface area contributed by atoms with Gasteiger partial charge in [0.25, 0.3) is 15.9 Å². The van der Waals surface area contributed by atoms with Crippen LogP contribution in [0.3, 0.4) is 0 Å². The molecule has 0 radical (unpaired) electrons. The molecule has 0 fully saturated rings. The van der Waals surface area contributed by atoms with Crippen molar-refractivity contribution < 1.29 is 17.6 Å². The van der Waals surface area contributed by atoms with E-state index in [2.05, 4.69) is 0 Å². The minimum absolute atomic E-state index is 0.0251. The number of fused-ring (bicyclic) bond motifs is 1. The minimum Gasteiger partial charge on any atom is -0.438 e. The van der Waals surface area contributed by atoms with Crippen molar-refractivity contribution in [2.45, 2.75) is 11.5 Å². The molecule has 6 nitrogen and oxygen atoms in total. The summed E-state index contributed by atoms with van der Waals surface area (Å²) in [5.74, 6) is -0.303. The third-order valence-corrected chi connectivity index (χ3v) is 5.35. The number of rotatable bonds is 3. The lowest BCUT2D eigenvalue weighted by Crippen LogP contribution is -2.28. The summed E-state index contributed by atoms with van der Waals surface area (Å²) >= 11 is 0. The maximum absolute atomic E-state index is 12.5. The highest BCUT2D eigenvalue weighted by Crippen LogP contribution is 2.29. The molecule has 2 heterocycles. The Kier molecular flexibility index (Phi) is 3.54. The van der Waals surface area contributed by atoms with E-state index in [1.807, 2.05) is 24.3 Å². The lowest BCUT2D eigenvalue weighted by atomic mass is 10.2. The molecule has 0 atom stereocenters. The summed E-state index contributed by atoms with van der Waals surface area (Å²) in [6.07, 6.45) is 0.783. The number of nitrogens with zero attached hydrogens (tertiary/aromatic N) is 2. The summed E-state index contributed by atoms with van der Waals surface area (Å²) in [4.78, 5) is 14.2. The van der Waals surface area contributed by atoms with E-state index in [9.17, 15) is 13.2 Å². The number of benzene rings is 1. The number of hydrogen-bond donors (Lipinski definition) is 0. The van der Waals surface area contributed by atoms with Crippen LogP contribution in [-0.2, 0) is 16.4 Å². The van der Waals surface area contributed by atoms with Crippen LogP contribution >= 0.6 is 0 Å². The zero-order valence-corrected chi connectivity index (χ0v) is 13.1. The zero-order chi connectivity index (χ0) is 15.9. The first kappa shape index (κ1) is 14.8. The van der Waals surface area contributed by atoms with E-state index in [4.69, 9.17) is 4.42 Å². The van der Waals surface area contributed by atoms with Crippen molar-refractivity contribution in [2.75, 3.05) is 25.5 Å². The number of hydrogen-bond acceptors (Lipinski definition) is 4. The maximum Gasteiger partial charge on any atom is 0.294 e. The van der Waals surface area contributed by atoms with Crippen LogP contribution in [0.15, 0.2) is 45.9 Å². The standard InChI is InChI=1S/C15H16N2O4S/c1-16(2)22(19,20)14-8-7-13(21-14)15(18)17-10-9-11-5-3-4-6-12(11)17/h3-8H,9-10H2,1-2H3. The zero-order valence-electron chi connectivity index (χ0n) is 12.3. The van der Waals surface area contributed by atoms with Gasteiger partial charge in [-0.25, -0.2) is 12.7 Å². The Morgan fingerprint density at radius 3 is 2.64 bits per heavy atom. The van der Waals surface area contributed by atoms with Gasteiger partial charge in [0.15, 0.2) is 5.76 Å². The van der Waals surface area contributed by atoms with Crippen molar-refractivity contribution >= 4 is 21.6 Å². The average Bonchev–Trinajstić information content (AvgIpc) is 3.14. The number of anilines is 1. The van der Waals surface area contributed by atoms with Crippen LogP contribution in [0.2, 0.25) is 0 Å². The predicted molar refractivity (Wildman–Crippen MR) is 81.4 cm³/mol. The highest BCUT2D eigenvalue weighted by Gasteiger charge is 2.29. The molecule has 0 saturated heterocycles. The van der Waals surface area contributed by atoms with Crippen molar-refractivity contribution in [1.82, 2.24) is 4.31 Å². The molecule has 1 aliphatic heterocycles. The van der Waals surface area contributed by atoms with Crippen molar-refractivity contribution in [3.63, 3.8) is 0 Å². The highest BCUT2D eigenvalue weighted by molar-refractivity contribution is 7.88. The molecule has 0 aliphatic carbocycles. The SMILES string of the molecule is CN(C)S(=O)(=O)c1ccc(C(=O)N2CCc3ccccc32)o1. The van der Waals surface area contributed by atoms with Crippen LogP contribution in [0.5, 0.6) is 0 Å². The Bertz CT molecular complexity index is 824. The molecular formula is C15H16N2O4S. The maximum atomic E-state index is 12.5. The van der Waals surface area contributed by atoms with Gasteiger partial charge < -0.3 is 9.32 Å². The van der Waals surface area contributed by atoms with Crippen LogP contribution in [-0.4, -0.2) is 39.3 Å². The number of carbonyl (C=O) groups is 1. The molecule has 2 aromatic rings. The predicted octanol–water partition coefficient (Wildman–Crippen LogP) is 1.73. The Morgan fingerprint density at radius 1 is 1.18 bits per heavy atom. The van der Waals surface area contributed by atoms with E-state index < -0.39 is 10.0 Å². The topological polar surface area (TPSA) is 70.8 Å². The molecule has 1 amide bonds. The second kappa shape index (κ2) is 5.26. The summed E-state index contributed by atoms with van der Waals surface area (Å²) < 4.78 is 30.3. The van der Waals surface area contributed by atoms with E-state index in [1.165, 1.54) is 26.2 Å². The third kappa shape index (κ3) is 2.32. The first-order chi connectivity index (χ1) is 10.4. The molecule has 3 rings (SSSR count). The first-order valence-electron chi connectivity index (χ1n) is 6.83. The molecule has 1 aliphatic rings. The van der Waals surface area contributed by atoms with Crippen LogP contribution in [0, 0.1) is 0 Å². The number of sulfonamides is 1. The van der Waals surface area contributed by atoms with Gasteiger partial charge in [-0.05, 0) is 30.2 Å². The van der Waals surface area contributed by atoms with E-state index in [1.54, 1.807) is 4.90 Å². The molecule has 0 saturated carbocycles. The van der Waals surface area contributed by atoms with Gasteiger partial charge in [0.2, 0.25) is 5.09 Å². The second-order valence-corrected chi connectivity index (χ2v) is 7.32. The molecule has 0 spiro atoms. The fourth-order valence-electron chi connectivity index (χ4n) is 2.44. The monoisotopic (exact) mass is 320 g/mol. The molecular weight excluding hydrogens is 304 g/mol. The fourth-order valence-corrected chi connectivity index (χ4v) is 3.23. The van der Waals surface area contributed by atoms with Crippen molar-refractivity contribution in [3.8, 4) is 0 Å². The van der Waals surface area contributed by atoms with Gasteiger partial charge >= 0.3 is 0 Å². The van der Waals surface area contributed by atoms with Gasteiger partial charge in [0, 0.05) is 26.3 Å². The molecule has 7 heteroatoms. The normalized spacial score (nSPS) is 14.4. The van der Waals surface area contributed by atoms with Crippen molar-refractivity contribution in [2.24, 2.45) is 0 Å². The van der Waals surface area contributed by atoms with Gasteiger partial charge in [0.05, 0.1) is 0 Å². The summed E-state index contributed by atoms with van der Waals surface area (Å²) in [7, 11) is -0.852. The molecule has 22 heavy (non-hydrogen) atoms. The first-order valence-corrected chi connectivity index (χ1v) is 8.27. The molecule has 1 aromatic heterocycles. The van der Waals surface area contributed by atoms with E-state index in [0.717, 1.165) is 22.0 Å². The highest BCUT2D eigenvalue weighted by atomic mass is 32.2. The van der Waals surface area contributed by atoms with Crippen LogP contribution < -0.4 is 4.90 Å². The van der Waals surface area contributed by atoms with E-state index >= 15 is 0 Å². The summed E-state index contributed by atoms with van der Waals surface area (Å²) in [5, 5.41) is -0.228. The fraction of sp³-hybridized carbons (Fsp3) is 0.267. The van der Waals surface area contributed by atoms with Crippen molar-refractivity contribution in [3.05, 3.63) is 47.7 Å². The Labute approximate surface area is 129 Å². The summed E-state index contributed by atoms with van der Waals surface area (Å²) in [6, 6.07) is 10.4. The lowest BCUT2D eigenvalue weighted by Gasteiger charge is -2.15. The van der Waals surface area contributed by atoms with Gasteiger partial charge in [0.1, 0.15) is 0 Å². The van der Waals surface area contributed by atoms with Crippen LogP contribution in [0.4, 0.5) is 5.69 Å². The number of carbonyl (C=O) groups excluding carboxylic acids is 1. The Morgan fingerprint density at radius 2 is 1.91 bits per heavy atom. The lowest BCUT2D eigenvalue weighted by molar-refractivity contribution is 0.0957. The Balaban J connectivity index is 1.91. The Hall–Kier alpha value is -2.12. The molecule has 116 valence electrons. The van der Waals surface area contributed by atoms with E-state index in [-0.39, 0.29) is 16.8 Å². The van der Waals surface area contributed by atoms with Gasteiger partial charge in [-0.1, -0.05) is 18.2 Å². The smallest absolute Gasteiger partial charge is 0.294 e. The quantitative estimate of drug-likeness (QED) is 0.863. The molecule has 1 aromatic carbocycles. The minimum atomic E-state index is -3.68. The van der Waals surface area contributed by atoms with Gasteiger partial charge in [-0.3, -0.25) is 4.79 Å². The molecule has 0 N–H and O–H groups in total. The summed E-state index contributed by atoms with van der Waals surface area (Å²) in [6.45, 7) is 0.564. The average molecular weight is 320 g/mol. The largest absolute Gasteiger partial charge is 0.438 e. The van der Waals surface area contributed by atoms with E-state index in [0.29, 0.717) is 6.54 Å². The molecule has 0 unspecified atom stereocenters. The molecule has 0 bridgehead atoms. The van der Waals surface area contributed by atoms with Crippen LogP contribution in [0.1, 0.15) is 16.1 Å². The number of amides is 1. The second-order valence-electron chi connectivity index (χ2n) is 5.24. The van der Waals surface area contributed by atoms with Gasteiger partial charge in [-0.2, -0.15) is 0 Å². The van der Waals surface area contributed by atoms with Gasteiger partial charge in [-0.15, -0.1) is 0 Å². The van der Waals surface area contributed by atoms with Crippen molar-refractivity contribution in [1.29, 1.82) is 0 Å². The number of para-hydroxylation sites is 1.